The van der Waals surface area contributed by atoms with Gasteiger partial charge in [-0.3, -0.25) is 9.78 Å². The van der Waals surface area contributed by atoms with Crippen molar-refractivity contribution in [3.63, 3.8) is 0 Å². The fourth-order valence-corrected chi connectivity index (χ4v) is 0.841. The van der Waals surface area contributed by atoms with Crippen LogP contribution in [0.4, 0.5) is 0 Å². The van der Waals surface area contributed by atoms with Crippen LogP contribution >= 0.6 is 0 Å². The van der Waals surface area contributed by atoms with Gasteiger partial charge in [-0.2, -0.15) is 0 Å². The number of hydrogen-bond donors (Lipinski definition) is 2. The number of pyridine rings is 1. The molecule has 1 atom stereocenters. The van der Waals surface area contributed by atoms with Gasteiger partial charge in [-0.05, 0) is 19.1 Å². The Kier molecular flexibility index (Phi) is 2.40. The molecular formula is C8H10N2O2. The lowest BCUT2D eigenvalue weighted by atomic mass is 10.1. The maximum atomic E-state index is 10.8. The van der Waals surface area contributed by atoms with Crippen LogP contribution in [0.3, 0.4) is 0 Å². The topological polar surface area (TPSA) is 76.2 Å². The number of aromatic nitrogens is 1. The van der Waals surface area contributed by atoms with Crippen molar-refractivity contribution in [3.8, 4) is 5.75 Å². The summed E-state index contributed by atoms with van der Waals surface area (Å²) in [7, 11) is 0. The van der Waals surface area contributed by atoms with Crippen LogP contribution in [0.15, 0.2) is 18.3 Å². The summed E-state index contributed by atoms with van der Waals surface area (Å²) in [4.78, 5) is 14.6. The summed E-state index contributed by atoms with van der Waals surface area (Å²) >= 11 is 0. The highest BCUT2D eigenvalue weighted by atomic mass is 16.3. The Hall–Kier alpha value is -1.42. The third-order valence-electron chi connectivity index (χ3n) is 1.55. The Morgan fingerprint density at radius 1 is 1.75 bits per heavy atom. The second-order valence-electron chi connectivity index (χ2n) is 2.50. The number of nitrogens with zero attached hydrogens (tertiary/aromatic N) is 1. The quantitative estimate of drug-likeness (QED) is 0.665. The number of ketones is 1. The van der Waals surface area contributed by atoms with Crippen LogP contribution in [0.5, 0.6) is 5.75 Å². The van der Waals surface area contributed by atoms with Crippen LogP contribution in [-0.2, 0) is 4.79 Å². The Morgan fingerprint density at radius 3 is 2.92 bits per heavy atom. The average Bonchev–Trinajstić information content (AvgIpc) is 2.04. The standard InChI is InChI=1S/C8H10N2O2/c1-5(11)7(9)8-6(12)3-2-4-10-8/h2-4,7,12H,9H2,1H3. The molecule has 0 saturated heterocycles. The minimum atomic E-state index is -0.828. The smallest absolute Gasteiger partial charge is 0.152 e. The monoisotopic (exact) mass is 166 g/mol. The van der Waals surface area contributed by atoms with Gasteiger partial charge in [0, 0.05) is 6.20 Å². The van der Waals surface area contributed by atoms with Crippen LogP contribution in [-0.4, -0.2) is 15.9 Å². The molecule has 1 unspecified atom stereocenters. The Bertz CT molecular complexity index is 299. The molecule has 4 heteroatoms. The third kappa shape index (κ3) is 1.60. The molecule has 0 aliphatic rings. The molecule has 1 heterocycles. The van der Waals surface area contributed by atoms with E-state index in [4.69, 9.17) is 5.73 Å². The van der Waals surface area contributed by atoms with Crippen molar-refractivity contribution >= 4 is 5.78 Å². The lowest BCUT2D eigenvalue weighted by molar-refractivity contribution is -0.118. The van der Waals surface area contributed by atoms with Crippen LogP contribution in [0.25, 0.3) is 0 Å². The number of carbonyl (C=O) groups excluding carboxylic acids is 1. The van der Waals surface area contributed by atoms with Crippen molar-refractivity contribution in [1.29, 1.82) is 0 Å². The molecule has 3 N–H and O–H groups in total. The van der Waals surface area contributed by atoms with Gasteiger partial charge in [-0.1, -0.05) is 0 Å². The van der Waals surface area contributed by atoms with Crippen molar-refractivity contribution in [2.75, 3.05) is 0 Å². The number of carbonyl (C=O) groups is 1. The first-order valence-corrected chi connectivity index (χ1v) is 3.53. The molecule has 1 rings (SSSR count). The molecule has 0 aromatic carbocycles. The Balaban J connectivity index is 3.02. The molecule has 1 aromatic heterocycles. The van der Waals surface area contributed by atoms with E-state index in [0.717, 1.165) is 0 Å². The van der Waals surface area contributed by atoms with Gasteiger partial charge in [0.2, 0.25) is 0 Å². The minimum Gasteiger partial charge on any atom is -0.506 e. The van der Waals surface area contributed by atoms with Crippen molar-refractivity contribution in [3.05, 3.63) is 24.0 Å². The highest BCUT2D eigenvalue weighted by Crippen LogP contribution is 2.19. The van der Waals surface area contributed by atoms with E-state index >= 15 is 0 Å². The predicted octanol–water partition coefficient (Wildman–Crippen LogP) is 0.376. The maximum absolute atomic E-state index is 10.8. The van der Waals surface area contributed by atoms with Crippen molar-refractivity contribution in [2.45, 2.75) is 13.0 Å². The van der Waals surface area contributed by atoms with Gasteiger partial charge >= 0.3 is 0 Å². The van der Waals surface area contributed by atoms with Crippen molar-refractivity contribution in [2.24, 2.45) is 5.73 Å². The van der Waals surface area contributed by atoms with Crippen LogP contribution in [0, 0.1) is 0 Å². The lowest BCUT2D eigenvalue weighted by Crippen LogP contribution is -2.19. The summed E-state index contributed by atoms with van der Waals surface area (Å²) in [5.41, 5.74) is 5.69. The molecule has 12 heavy (non-hydrogen) atoms. The van der Waals surface area contributed by atoms with E-state index in [2.05, 4.69) is 4.98 Å². The minimum absolute atomic E-state index is 0.0415. The molecule has 0 amide bonds. The SMILES string of the molecule is CC(=O)C(N)c1ncccc1O. The largest absolute Gasteiger partial charge is 0.506 e. The van der Waals surface area contributed by atoms with Crippen molar-refractivity contribution < 1.29 is 9.90 Å². The fraction of sp³-hybridized carbons (Fsp3) is 0.250. The van der Waals surface area contributed by atoms with Crippen LogP contribution in [0.2, 0.25) is 0 Å². The molecule has 64 valence electrons. The molecule has 0 saturated carbocycles. The maximum Gasteiger partial charge on any atom is 0.152 e. The second-order valence-corrected chi connectivity index (χ2v) is 2.50. The van der Waals surface area contributed by atoms with Gasteiger partial charge in [0.05, 0.1) is 0 Å². The summed E-state index contributed by atoms with van der Waals surface area (Å²) in [5, 5.41) is 9.24. The van der Waals surface area contributed by atoms with E-state index < -0.39 is 6.04 Å². The van der Waals surface area contributed by atoms with E-state index in [1.807, 2.05) is 0 Å². The third-order valence-corrected chi connectivity index (χ3v) is 1.55. The number of aromatic hydroxyl groups is 1. The Morgan fingerprint density at radius 2 is 2.42 bits per heavy atom. The first-order valence-electron chi connectivity index (χ1n) is 3.53. The molecule has 0 spiro atoms. The van der Waals surface area contributed by atoms with E-state index in [1.165, 1.54) is 19.2 Å². The zero-order valence-electron chi connectivity index (χ0n) is 6.69. The van der Waals surface area contributed by atoms with Gasteiger partial charge in [-0.15, -0.1) is 0 Å². The number of hydrogen-bond acceptors (Lipinski definition) is 4. The summed E-state index contributed by atoms with van der Waals surface area (Å²) in [6.45, 7) is 1.36. The number of Topliss-reactive ketones (excluding diaryl/α,β-unsaturated/α-hetero) is 1. The van der Waals surface area contributed by atoms with E-state index in [1.54, 1.807) is 6.07 Å². The van der Waals surface area contributed by atoms with E-state index in [0.29, 0.717) is 0 Å². The molecule has 0 bridgehead atoms. The molecule has 0 fully saturated rings. The highest BCUT2D eigenvalue weighted by molar-refractivity contribution is 5.82. The molecular weight excluding hydrogens is 156 g/mol. The molecule has 0 aliphatic carbocycles. The number of rotatable bonds is 2. The van der Waals surface area contributed by atoms with E-state index in [-0.39, 0.29) is 17.2 Å². The van der Waals surface area contributed by atoms with Gasteiger partial charge < -0.3 is 10.8 Å². The molecule has 0 aliphatic heterocycles. The first-order chi connectivity index (χ1) is 5.63. The zero-order valence-corrected chi connectivity index (χ0v) is 6.69. The highest BCUT2D eigenvalue weighted by Gasteiger charge is 2.15. The van der Waals surface area contributed by atoms with E-state index in [9.17, 15) is 9.90 Å². The Labute approximate surface area is 70.0 Å². The summed E-state index contributed by atoms with van der Waals surface area (Å²) < 4.78 is 0. The summed E-state index contributed by atoms with van der Waals surface area (Å²) in [6, 6.07) is 2.20. The van der Waals surface area contributed by atoms with Gasteiger partial charge in [0.25, 0.3) is 0 Å². The summed E-state index contributed by atoms with van der Waals surface area (Å²) in [5.74, 6) is -0.260. The zero-order chi connectivity index (χ0) is 9.14. The fourth-order valence-electron chi connectivity index (χ4n) is 0.841. The molecule has 4 nitrogen and oxygen atoms in total. The van der Waals surface area contributed by atoms with Gasteiger partial charge in [0.15, 0.2) is 5.78 Å². The summed E-state index contributed by atoms with van der Waals surface area (Å²) in [6.07, 6.45) is 1.48. The second kappa shape index (κ2) is 3.32. The average molecular weight is 166 g/mol. The van der Waals surface area contributed by atoms with Crippen LogP contribution in [0.1, 0.15) is 18.7 Å². The normalized spacial score (nSPS) is 12.5. The van der Waals surface area contributed by atoms with Gasteiger partial charge in [0.1, 0.15) is 17.5 Å². The van der Waals surface area contributed by atoms with Crippen LogP contribution < -0.4 is 5.73 Å². The number of nitrogens with two attached hydrogens (primary N) is 1. The van der Waals surface area contributed by atoms with Gasteiger partial charge in [-0.25, -0.2) is 0 Å². The first kappa shape index (κ1) is 8.67. The predicted molar refractivity (Wildman–Crippen MR) is 43.5 cm³/mol. The molecule has 0 radical (unpaired) electrons. The van der Waals surface area contributed by atoms with Crippen molar-refractivity contribution in [1.82, 2.24) is 4.98 Å². The lowest BCUT2D eigenvalue weighted by Gasteiger charge is -2.07. The molecule has 1 aromatic rings.